The van der Waals surface area contributed by atoms with Crippen LogP contribution in [0.2, 0.25) is 0 Å². The number of aryl methyl sites for hydroxylation is 1. The molecule has 0 fully saturated rings. The zero-order chi connectivity index (χ0) is 21.1. The van der Waals surface area contributed by atoms with E-state index in [0.717, 1.165) is 53.2 Å². The summed E-state index contributed by atoms with van der Waals surface area (Å²) in [6.45, 7) is 7.27. The van der Waals surface area contributed by atoms with Crippen LogP contribution in [0.4, 0.5) is 0 Å². The van der Waals surface area contributed by atoms with Crippen molar-refractivity contribution in [1.82, 2.24) is 14.5 Å². The highest BCUT2D eigenvalue weighted by atomic mass is 32.2. The Kier molecular flexibility index (Phi) is 7.43. The van der Waals surface area contributed by atoms with E-state index in [4.69, 9.17) is 4.98 Å². The zero-order valence-electron chi connectivity index (χ0n) is 18.3. The fourth-order valence-corrected chi connectivity index (χ4v) is 6.24. The molecule has 0 saturated carbocycles. The second-order valence-electron chi connectivity index (χ2n) is 8.83. The van der Waals surface area contributed by atoms with Gasteiger partial charge >= 0.3 is 0 Å². The highest BCUT2D eigenvalue weighted by molar-refractivity contribution is 7.99. The quantitative estimate of drug-likeness (QED) is 0.346. The van der Waals surface area contributed by atoms with Gasteiger partial charge in [0.2, 0.25) is 5.91 Å². The van der Waals surface area contributed by atoms with Crippen molar-refractivity contribution in [3.05, 3.63) is 20.8 Å². The average molecular weight is 436 g/mol. The standard InChI is InChI=1S/C22H33N3O2S2/c1-14(2)13-25-21(27)19-16-10-9-15(3)12-17(16)29-20(19)23-22(25)28-11-7-6-8-18(26)24(4)5/h14-15H,6-13H2,1-5H3. The van der Waals surface area contributed by atoms with Crippen LogP contribution in [0, 0.1) is 11.8 Å². The van der Waals surface area contributed by atoms with E-state index in [9.17, 15) is 9.59 Å². The third kappa shape index (κ3) is 5.23. The Balaban J connectivity index is 1.82. The summed E-state index contributed by atoms with van der Waals surface area (Å²) in [6, 6.07) is 0. The Labute approximate surface area is 181 Å². The van der Waals surface area contributed by atoms with Crippen LogP contribution in [0.25, 0.3) is 10.2 Å². The Morgan fingerprint density at radius 2 is 2.10 bits per heavy atom. The van der Waals surface area contributed by atoms with Crippen LogP contribution < -0.4 is 5.56 Å². The summed E-state index contributed by atoms with van der Waals surface area (Å²) in [5.41, 5.74) is 1.40. The van der Waals surface area contributed by atoms with Crippen LogP contribution in [-0.4, -0.2) is 40.2 Å². The second-order valence-corrected chi connectivity index (χ2v) is 11.0. The van der Waals surface area contributed by atoms with Gasteiger partial charge in [0, 0.05) is 37.7 Å². The van der Waals surface area contributed by atoms with E-state index in [1.54, 1.807) is 42.1 Å². The molecule has 0 spiro atoms. The molecule has 7 heteroatoms. The maximum Gasteiger partial charge on any atom is 0.263 e. The number of aromatic nitrogens is 2. The van der Waals surface area contributed by atoms with Crippen molar-refractivity contribution in [1.29, 1.82) is 0 Å². The van der Waals surface area contributed by atoms with E-state index in [1.807, 2.05) is 4.57 Å². The van der Waals surface area contributed by atoms with E-state index in [2.05, 4.69) is 20.8 Å². The monoisotopic (exact) mass is 435 g/mol. The minimum atomic E-state index is 0.140. The Hall–Kier alpha value is -1.34. The molecule has 1 amide bonds. The first-order chi connectivity index (χ1) is 13.8. The molecule has 3 rings (SSSR count). The van der Waals surface area contributed by atoms with Crippen molar-refractivity contribution in [2.45, 2.75) is 71.0 Å². The van der Waals surface area contributed by atoms with Gasteiger partial charge in [0.1, 0.15) is 4.83 Å². The third-order valence-electron chi connectivity index (χ3n) is 5.44. The highest BCUT2D eigenvalue weighted by Gasteiger charge is 2.24. The number of hydrogen-bond acceptors (Lipinski definition) is 5. The largest absolute Gasteiger partial charge is 0.349 e. The summed E-state index contributed by atoms with van der Waals surface area (Å²) in [6.07, 6.45) is 5.62. The molecule has 2 heterocycles. The minimum Gasteiger partial charge on any atom is -0.349 e. The number of carbonyl (C=O) groups excluding carboxylic acids is 1. The lowest BCUT2D eigenvalue weighted by atomic mass is 9.89. The molecule has 0 saturated heterocycles. The number of amides is 1. The van der Waals surface area contributed by atoms with E-state index in [0.29, 0.717) is 24.8 Å². The van der Waals surface area contributed by atoms with E-state index < -0.39 is 0 Å². The highest BCUT2D eigenvalue weighted by Crippen LogP contribution is 2.36. The molecular weight excluding hydrogens is 402 g/mol. The topological polar surface area (TPSA) is 55.2 Å². The average Bonchev–Trinajstić information content (AvgIpc) is 3.01. The summed E-state index contributed by atoms with van der Waals surface area (Å²) in [7, 11) is 3.59. The molecular formula is C22H33N3O2S2. The fraction of sp³-hybridized carbons (Fsp3) is 0.682. The molecule has 1 atom stereocenters. The predicted octanol–water partition coefficient (Wildman–Crippen LogP) is 4.59. The molecule has 29 heavy (non-hydrogen) atoms. The Morgan fingerprint density at radius 1 is 1.34 bits per heavy atom. The predicted molar refractivity (Wildman–Crippen MR) is 123 cm³/mol. The van der Waals surface area contributed by atoms with Gasteiger partial charge in [0.25, 0.3) is 5.56 Å². The first kappa shape index (κ1) is 22.3. The number of fused-ring (bicyclic) bond motifs is 3. The van der Waals surface area contributed by atoms with E-state index >= 15 is 0 Å². The third-order valence-corrected chi connectivity index (χ3v) is 7.65. The van der Waals surface area contributed by atoms with Gasteiger partial charge in [-0.1, -0.05) is 32.5 Å². The Morgan fingerprint density at radius 3 is 2.79 bits per heavy atom. The summed E-state index contributed by atoms with van der Waals surface area (Å²) in [5.74, 6) is 2.12. The van der Waals surface area contributed by atoms with Crippen LogP contribution in [-0.2, 0) is 24.2 Å². The molecule has 1 aliphatic carbocycles. The van der Waals surface area contributed by atoms with Crippen molar-refractivity contribution in [3.63, 3.8) is 0 Å². The van der Waals surface area contributed by atoms with Crippen LogP contribution in [0.15, 0.2) is 9.95 Å². The summed E-state index contributed by atoms with van der Waals surface area (Å²) in [4.78, 5) is 34.0. The van der Waals surface area contributed by atoms with Gasteiger partial charge < -0.3 is 4.90 Å². The number of hydrogen-bond donors (Lipinski definition) is 0. The van der Waals surface area contributed by atoms with Crippen LogP contribution in [0.5, 0.6) is 0 Å². The molecule has 5 nitrogen and oxygen atoms in total. The molecule has 1 unspecified atom stereocenters. The molecule has 0 aromatic carbocycles. The molecule has 1 aliphatic rings. The second kappa shape index (κ2) is 9.65. The lowest BCUT2D eigenvalue weighted by Crippen LogP contribution is -2.26. The number of carbonyl (C=O) groups is 1. The SMILES string of the molecule is CC(C)Cn1c(SCCCCC(=O)N(C)C)nc2sc3c(c2c1=O)CCC(C)C3. The van der Waals surface area contributed by atoms with Gasteiger partial charge in [-0.2, -0.15) is 0 Å². The van der Waals surface area contributed by atoms with Crippen LogP contribution in [0.3, 0.4) is 0 Å². The molecule has 0 bridgehead atoms. The van der Waals surface area contributed by atoms with Crippen molar-refractivity contribution in [2.75, 3.05) is 19.8 Å². The summed E-state index contributed by atoms with van der Waals surface area (Å²) in [5, 5.41) is 1.71. The van der Waals surface area contributed by atoms with Crippen molar-refractivity contribution < 1.29 is 4.79 Å². The number of thiophene rings is 1. The molecule has 160 valence electrons. The maximum absolute atomic E-state index is 13.4. The fourth-order valence-electron chi connectivity index (χ4n) is 3.81. The van der Waals surface area contributed by atoms with Crippen LogP contribution >= 0.6 is 23.1 Å². The minimum absolute atomic E-state index is 0.140. The number of unbranched alkanes of at least 4 members (excludes halogenated alkanes) is 1. The van der Waals surface area contributed by atoms with Gasteiger partial charge in [-0.25, -0.2) is 4.98 Å². The van der Waals surface area contributed by atoms with E-state index in [1.165, 1.54) is 10.4 Å². The lowest BCUT2D eigenvalue weighted by molar-refractivity contribution is -0.128. The zero-order valence-corrected chi connectivity index (χ0v) is 19.9. The molecule has 2 aromatic rings. The number of thioether (sulfide) groups is 1. The summed E-state index contributed by atoms with van der Waals surface area (Å²) < 4.78 is 1.90. The summed E-state index contributed by atoms with van der Waals surface area (Å²) >= 11 is 3.38. The van der Waals surface area contributed by atoms with Gasteiger partial charge in [0.15, 0.2) is 5.16 Å². The molecule has 2 aromatic heterocycles. The number of rotatable bonds is 8. The Bertz CT molecular complexity index is 930. The van der Waals surface area contributed by atoms with Crippen LogP contribution in [0.1, 0.15) is 56.9 Å². The van der Waals surface area contributed by atoms with Gasteiger partial charge in [0.05, 0.1) is 5.39 Å². The van der Waals surface area contributed by atoms with Crippen molar-refractivity contribution in [3.8, 4) is 0 Å². The van der Waals surface area contributed by atoms with Crippen molar-refractivity contribution in [2.24, 2.45) is 11.8 Å². The normalized spacial score (nSPS) is 16.4. The van der Waals surface area contributed by atoms with E-state index in [-0.39, 0.29) is 11.5 Å². The smallest absolute Gasteiger partial charge is 0.263 e. The van der Waals surface area contributed by atoms with Gasteiger partial charge in [-0.15, -0.1) is 11.3 Å². The van der Waals surface area contributed by atoms with Gasteiger partial charge in [-0.3, -0.25) is 14.2 Å². The van der Waals surface area contributed by atoms with Crippen molar-refractivity contribution >= 4 is 39.2 Å². The maximum atomic E-state index is 13.4. The first-order valence-electron chi connectivity index (χ1n) is 10.7. The lowest BCUT2D eigenvalue weighted by Gasteiger charge is -2.18. The number of nitrogens with zero attached hydrogens (tertiary/aromatic N) is 3. The molecule has 0 radical (unpaired) electrons. The first-order valence-corrected chi connectivity index (χ1v) is 12.5. The molecule has 0 N–H and O–H groups in total. The molecule has 0 aliphatic heterocycles. The van der Waals surface area contributed by atoms with Gasteiger partial charge in [-0.05, 0) is 49.5 Å².